The number of carbonyl (C=O) groups is 2. The lowest BCUT2D eigenvalue weighted by Gasteiger charge is -2.28. The molecule has 0 N–H and O–H groups in total. The Bertz CT molecular complexity index is 775. The van der Waals surface area contributed by atoms with Crippen LogP contribution in [-0.4, -0.2) is 60.7 Å². The molecule has 8 heteroatoms. The summed E-state index contributed by atoms with van der Waals surface area (Å²) in [5.74, 6) is -0.181. The number of hydrogen-bond acceptors (Lipinski definition) is 5. The summed E-state index contributed by atoms with van der Waals surface area (Å²) in [5.41, 5.74) is 1.18. The first-order valence-electron chi connectivity index (χ1n) is 8.77. The summed E-state index contributed by atoms with van der Waals surface area (Å²) in [5, 5.41) is 4.11. The minimum atomic E-state index is -3.04. The molecule has 3 aliphatic rings. The summed E-state index contributed by atoms with van der Waals surface area (Å²) in [7, 11) is -3.04. The Morgan fingerprint density at radius 2 is 2.12 bits per heavy atom. The third-order valence-electron chi connectivity index (χ3n) is 5.62. The van der Waals surface area contributed by atoms with Gasteiger partial charge in [0.1, 0.15) is 0 Å². The van der Waals surface area contributed by atoms with Crippen molar-refractivity contribution in [2.75, 3.05) is 24.6 Å². The molecule has 0 aromatic carbocycles. The number of likely N-dealkylation sites (tertiary alicyclic amines) is 2. The van der Waals surface area contributed by atoms with Crippen LogP contribution in [0.2, 0.25) is 0 Å². The lowest BCUT2D eigenvalue weighted by atomic mass is 10.0. The van der Waals surface area contributed by atoms with E-state index in [1.54, 1.807) is 16.2 Å². The first-order chi connectivity index (χ1) is 11.9. The second-order valence-electron chi connectivity index (χ2n) is 7.25. The Labute approximate surface area is 151 Å². The molecule has 1 aromatic heterocycles. The highest BCUT2D eigenvalue weighted by Crippen LogP contribution is 2.36. The minimum Gasteiger partial charge on any atom is -0.338 e. The van der Waals surface area contributed by atoms with Crippen LogP contribution in [0.4, 0.5) is 0 Å². The smallest absolute Gasteiger partial charge is 0.228 e. The number of nitrogens with zero attached hydrogens (tertiary/aromatic N) is 2. The van der Waals surface area contributed by atoms with Crippen LogP contribution in [0.15, 0.2) is 16.8 Å². The minimum absolute atomic E-state index is 0.0426. The van der Waals surface area contributed by atoms with Crippen molar-refractivity contribution < 1.29 is 18.0 Å². The maximum atomic E-state index is 13.0. The van der Waals surface area contributed by atoms with E-state index in [1.807, 2.05) is 10.3 Å². The van der Waals surface area contributed by atoms with Gasteiger partial charge in [0.2, 0.25) is 11.8 Å². The van der Waals surface area contributed by atoms with Crippen molar-refractivity contribution in [1.29, 1.82) is 0 Å². The van der Waals surface area contributed by atoms with E-state index in [1.165, 1.54) is 5.56 Å². The summed E-state index contributed by atoms with van der Waals surface area (Å²) in [6.45, 7) is 1.10. The van der Waals surface area contributed by atoms with Gasteiger partial charge in [-0.2, -0.15) is 11.3 Å². The number of carbonyl (C=O) groups excluding carboxylic acids is 2. The van der Waals surface area contributed by atoms with Crippen LogP contribution in [0.3, 0.4) is 0 Å². The summed E-state index contributed by atoms with van der Waals surface area (Å²) >= 11 is 1.63. The molecule has 0 saturated carbocycles. The predicted molar refractivity (Wildman–Crippen MR) is 94.9 cm³/mol. The van der Waals surface area contributed by atoms with Gasteiger partial charge < -0.3 is 9.80 Å². The molecule has 136 valence electrons. The van der Waals surface area contributed by atoms with E-state index in [2.05, 4.69) is 11.4 Å². The van der Waals surface area contributed by atoms with E-state index in [-0.39, 0.29) is 47.7 Å². The van der Waals surface area contributed by atoms with Crippen LogP contribution in [0, 0.1) is 5.92 Å². The van der Waals surface area contributed by atoms with Gasteiger partial charge in [0.05, 0.1) is 23.5 Å². The quantitative estimate of drug-likeness (QED) is 0.793. The monoisotopic (exact) mass is 382 g/mol. The largest absolute Gasteiger partial charge is 0.338 e. The average Bonchev–Trinajstić information content (AvgIpc) is 3.31. The van der Waals surface area contributed by atoms with E-state index < -0.39 is 9.84 Å². The molecule has 0 radical (unpaired) electrons. The van der Waals surface area contributed by atoms with Crippen molar-refractivity contribution in [3.8, 4) is 0 Å². The van der Waals surface area contributed by atoms with Crippen LogP contribution in [0.1, 0.15) is 37.3 Å². The molecule has 25 heavy (non-hydrogen) atoms. The summed E-state index contributed by atoms with van der Waals surface area (Å²) in [6, 6.07) is 1.94. The Balaban J connectivity index is 1.46. The highest BCUT2D eigenvalue weighted by Gasteiger charge is 2.44. The lowest BCUT2D eigenvalue weighted by Crippen LogP contribution is -2.40. The molecule has 3 aliphatic heterocycles. The van der Waals surface area contributed by atoms with Crippen molar-refractivity contribution in [2.45, 2.75) is 37.8 Å². The fourth-order valence-electron chi connectivity index (χ4n) is 4.35. The topological polar surface area (TPSA) is 74.8 Å². The number of thiophene rings is 1. The Hall–Kier alpha value is -1.41. The van der Waals surface area contributed by atoms with E-state index in [0.717, 1.165) is 19.4 Å². The number of sulfone groups is 1. The third-order valence-corrected chi connectivity index (χ3v) is 8.07. The van der Waals surface area contributed by atoms with E-state index in [0.29, 0.717) is 13.0 Å². The van der Waals surface area contributed by atoms with Gasteiger partial charge in [-0.05, 0) is 41.7 Å². The molecule has 6 nitrogen and oxygen atoms in total. The normalized spacial score (nSPS) is 31.8. The fraction of sp³-hybridized carbons (Fsp3) is 0.647. The van der Waals surface area contributed by atoms with Crippen molar-refractivity contribution in [2.24, 2.45) is 5.92 Å². The maximum absolute atomic E-state index is 13.0. The summed E-state index contributed by atoms with van der Waals surface area (Å²) in [6.07, 6.45) is 2.66. The van der Waals surface area contributed by atoms with E-state index in [4.69, 9.17) is 0 Å². The van der Waals surface area contributed by atoms with Crippen LogP contribution in [0.5, 0.6) is 0 Å². The van der Waals surface area contributed by atoms with Crippen LogP contribution >= 0.6 is 11.3 Å². The standard InChI is InChI=1S/C17H22N2O4S2/c20-16-8-13(9-19(16)14-4-7-25(22,23)11-14)17(21)18-5-1-2-15(18)12-3-6-24-10-12/h3,6,10,13-15H,1-2,4-5,7-9,11H2. The summed E-state index contributed by atoms with van der Waals surface area (Å²) < 4.78 is 23.4. The molecule has 0 spiro atoms. The molecule has 3 unspecified atom stereocenters. The number of rotatable bonds is 3. The van der Waals surface area contributed by atoms with Gasteiger partial charge in [-0.15, -0.1) is 0 Å². The molecule has 3 saturated heterocycles. The fourth-order valence-corrected chi connectivity index (χ4v) is 6.79. The van der Waals surface area contributed by atoms with Gasteiger partial charge in [0, 0.05) is 25.6 Å². The Morgan fingerprint density at radius 1 is 1.28 bits per heavy atom. The first-order valence-corrected chi connectivity index (χ1v) is 11.5. The maximum Gasteiger partial charge on any atom is 0.228 e. The molecule has 3 atom stereocenters. The van der Waals surface area contributed by atoms with E-state index >= 15 is 0 Å². The molecule has 4 rings (SSSR count). The molecule has 1 aromatic rings. The van der Waals surface area contributed by atoms with Gasteiger partial charge in [0.25, 0.3) is 0 Å². The molecule has 0 aliphatic carbocycles. The Morgan fingerprint density at radius 3 is 2.80 bits per heavy atom. The zero-order valence-electron chi connectivity index (χ0n) is 14.0. The SMILES string of the molecule is O=C1CC(C(=O)N2CCCC2c2ccsc2)CN1C1CCS(=O)(=O)C1. The van der Waals surface area contributed by atoms with Crippen molar-refractivity contribution in [3.63, 3.8) is 0 Å². The molecule has 3 fully saturated rings. The highest BCUT2D eigenvalue weighted by molar-refractivity contribution is 7.91. The van der Waals surface area contributed by atoms with Crippen LogP contribution < -0.4 is 0 Å². The molecule has 0 bridgehead atoms. The van der Waals surface area contributed by atoms with Crippen LogP contribution in [0.25, 0.3) is 0 Å². The highest BCUT2D eigenvalue weighted by atomic mass is 32.2. The molecular weight excluding hydrogens is 360 g/mol. The zero-order valence-corrected chi connectivity index (χ0v) is 15.6. The average molecular weight is 383 g/mol. The first kappa shape index (κ1) is 17.0. The number of amides is 2. The van der Waals surface area contributed by atoms with Gasteiger partial charge in [-0.3, -0.25) is 9.59 Å². The third kappa shape index (κ3) is 3.21. The number of hydrogen-bond donors (Lipinski definition) is 0. The Kier molecular flexibility index (Phi) is 4.35. The second kappa shape index (κ2) is 6.39. The van der Waals surface area contributed by atoms with Gasteiger partial charge in [0.15, 0.2) is 9.84 Å². The van der Waals surface area contributed by atoms with Gasteiger partial charge in [-0.1, -0.05) is 0 Å². The molecule has 4 heterocycles. The predicted octanol–water partition coefficient (Wildman–Crippen LogP) is 1.45. The second-order valence-corrected chi connectivity index (χ2v) is 10.3. The lowest BCUT2D eigenvalue weighted by molar-refractivity contribution is -0.136. The molecular formula is C17H22N2O4S2. The van der Waals surface area contributed by atoms with Crippen molar-refractivity contribution in [1.82, 2.24) is 9.80 Å². The van der Waals surface area contributed by atoms with Gasteiger partial charge >= 0.3 is 0 Å². The zero-order chi connectivity index (χ0) is 17.6. The molecule has 2 amide bonds. The summed E-state index contributed by atoms with van der Waals surface area (Å²) in [4.78, 5) is 29.0. The van der Waals surface area contributed by atoms with E-state index in [9.17, 15) is 18.0 Å². The van der Waals surface area contributed by atoms with Crippen molar-refractivity contribution >= 4 is 33.0 Å². The van der Waals surface area contributed by atoms with Crippen LogP contribution in [-0.2, 0) is 19.4 Å². The van der Waals surface area contributed by atoms with Crippen molar-refractivity contribution in [3.05, 3.63) is 22.4 Å². The van der Waals surface area contributed by atoms with Gasteiger partial charge in [-0.25, -0.2) is 8.42 Å².